The van der Waals surface area contributed by atoms with Crippen LogP contribution in [0.25, 0.3) is 0 Å². The molecule has 1 aliphatic rings. The van der Waals surface area contributed by atoms with Crippen molar-refractivity contribution < 1.29 is 4.79 Å². The largest absolute Gasteiger partial charge is 0.339 e. The van der Waals surface area contributed by atoms with Crippen LogP contribution < -0.4 is 5.32 Å². The van der Waals surface area contributed by atoms with Gasteiger partial charge in [-0.25, -0.2) is 0 Å². The van der Waals surface area contributed by atoms with Crippen LogP contribution in [0.3, 0.4) is 0 Å². The lowest BCUT2D eigenvalue weighted by atomic mass is 10.1. The van der Waals surface area contributed by atoms with Gasteiger partial charge in [-0.05, 0) is 31.6 Å². The zero-order chi connectivity index (χ0) is 13.5. The quantitative estimate of drug-likeness (QED) is 0.686. The third-order valence-corrected chi connectivity index (χ3v) is 3.61. The Morgan fingerprint density at radius 1 is 1.28 bits per heavy atom. The van der Waals surface area contributed by atoms with Crippen molar-refractivity contribution in [3.63, 3.8) is 0 Å². The van der Waals surface area contributed by atoms with Gasteiger partial charge in [0.2, 0.25) is 5.91 Å². The summed E-state index contributed by atoms with van der Waals surface area (Å²) < 4.78 is 0. The molecule has 0 heterocycles. The molecule has 0 aromatic carbocycles. The second-order valence-electron chi connectivity index (χ2n) is 5.89. The maximum absolute atomic E-state index is 12.3. The summed E-state index contributed by atoms with van der Waals surface area (Å²) in [6.07, 6.45) is 5.35. The van der Waals surface area contributed by atoms with Crippen LogP contribution >= 0.6 is 0 Å². The van der Waals surface area contributed by atoms with E-state index in [0.29, 0.717) is 30.3 Å². The van der Waals surface area contributed by atoms with Gasteiger partial charge in [-0.2, -0.15) is 0 Å². The number of carbonyl (C=O) groups excluding carboxylic acids is 1. The van der Waals surface area contributed by atoms with Gasteiger partial charge in [-0.3, -0.25) is 4.79 Å². The summed E-state index contributed by atoms with van der Waals surface area (Å²) in [5.41, 5.74) is 0. The van der Waals surface area contributed by atoms with Crippen molar-refractivity contribution in [3.05, 3.63) is 0 Å². The molecule has 0 unspecified atom stereocenters. The number of nitrogens with one attached hydrogen (secondary N) is 1. The third-order valence-electron chi connectivity index (χ3n) is 3.61. The van der Waals surface area contributed by atoms with Crippen LogP contribution in [0.2, 0.25) is 0 Å². The summed E-state index contributed by atoms with van der Waals surface area (Å²) in [6.45, 7) is 10.5. The number of amides is 1. The zero-order valence-corrected chi connectivity index (χ0v) is 12.5. The number of hydrogen-bond acceptors (Lipinski definition) is 2. The van der Waals surface area contributed by atoms with Gasteiger partial charge in [-0.15, -0.1) is 0 Å². The molecule has 106 valence electrons. The SMILES string of the molecule is CCC(CC)N(CC(C)C)C(=O)CCNC1CC1. The minimum atomic E-state index is 0.325. The second-order valence-corrected chi connectivity index (χ2v) is 5.89. The van der Waals surface area contributed by atoms with Crippen LogP contribution in [-0.4, -0.2) is 36.0 Å². The Hall–Kier alpha value is -0.570. The van der Waals surface area contributed by atoms with Crippen molar-refractivity contribution in [2.24, 2.45) is 5.92 Å². The molecule has 0 bridgehead atoms. The van der Waals surface area contributed by atoms with E-state index in [1.807, 2.05) is 0 Å². The van der Waals surface area contributed by atoms with E-state index in [0.717, 1.165) is 25.9 Å². The summed E-state index contributed by atoms with van der Waals surface area (Å²) in [6, 6.07) is 1.12. The molecule has 18 heavy (non-hydrogen) atoms. The summed E-state index contributed by atoms with van der Waals surface area (Å²) in [5, 5.41) is 3.42. The van der Waals surface area contributed by atoms with Crippen molar-refractivity contribution in [2.45, 2.75) is 71.9 Å². The first kappa shape index (κ1) is 15.5. The highest BCUT2D eigenvalue weighted by Crippen LogP contribution is 2.18. The first-order valence-electron chi connectivity index (χ1n) is 7.61. The highest BCUT2D eigenvalue weighted by molar-refractivity contribution is 5.76. The number of rotatable bonds is 9. The number of nitrogens with zero attached hydrogens (tertiary/aromatic N) is 1. The van der Waals surface area contributed by atoms with Crippen molar-refractivity contribution in [1.82, 2.24) is 10.2 Å². The summed E-state index contributed by atoms with van der Waals surface area (Å²) in [7, 11) is 0. The average molecular weight is 254 g/mol. The Kier molecular flexibility index (Phi) is 6.69. The molecule has 1 fully saturated rings. The Morgan fingerprint density at radius 2 is 1.89 bits per heavy atom. The molecule has 0 saturated heterocycles. The zero-order valence-electron chi connectivity index (χ0n) is 12.5. The molecule has 0 aromatic rings. The van der Waals surface area contributed by atoms with Crippen LogP contribution in [0.15, 0.2) is 0 Å². The fourth-order valence-electron chi connectivity index (χ4n) is 2.39. The van der Waals surface area contributed by atoms with E-state index in [1.54, 1.807) is 0 Å². The molecule has 1 amide bonds. The molecule has 1 saturated carbocycles. The predicted octanol–water partition coefficient (Wildman–Crippen LogP) is 2.80. The minimum absolute atomic E-state index is 0.325. The van der Waals surface area contributed by atoms with Gasteiger partial charge in [0.1, 0.15) is 0 Å². The van der Waals surface area contributed by atoms with E-state index in [2.05, 4.69) is 37.9 Å². The first-order chi connectivity index (χ1) is 8.58. The molecule has 3 heteroatoms. The second kappa shape index (κ2) is 7.78. The molecule has 1 rings (SSSR count). The van der Waals surface area contributed by atoms with Gasteiger partial charge in [0.15, 0.2) is 0 Å². The predicted molar refractivity (Wildman–Crippen MR) is 76.6 cm³/mol. The highest BCUT2D eigenvalue weighted by atomic mass is 16.2. The smallest absolute Gasteiger partial charge is 0.224 e. The topological polar surface area (TPSA) is 32.3 Å². The van der Waals surface area contributed by atoms with Crippen LogP contribution in [-0.2, 0) is 4.79 Å². The van der Waals surface area contributed by atoms with Gasteiger partial charge >= 0.3 is 0 Å². The lowest BCUT2D eigenvalue weighted by Crippen LogP contribution is -2.43. The van der Waals surface area contributed by atoms with Crippen molar-refractivity contribution >= 4 is 5.91 Å². The van der Waals surface area contributed by atoms with Crippen LogP contribution in [0.5, 0.6) is 0 Å². The molecule has 0 atom stereocenters. The third kappa shape index (κ3) is 5.38. The van der Waals surface area contributed by atoms with Gasteiger partial charge in [-0.1, -0.05) is 27.7 Å². The molecule has 3 nitrogen and oxygen atoms in total. The lowest BCUT2D eigenvalue weighted by Gasteiger charge is -2.32. The molecular weight excluding hydrogens is 224 g/mol. The van der Waals surface area contributed by atoms with Gasteiger partial charge in [0, 0.05) is 31.6 Å². The number of carbonyl (C=O) groups is 1. The summed E-state index contributed by atoms with van der Waals surface area (Å²) in [5.74, 6) is 0.872. The van der Waals surface area contributed by atoms with E-state index in [4.69, 9.17) is 0 Å². The maximum Gasteiger partial charge on any atom is 0.224 e. The van der Waals surface area contributed by atoms with Crippen LogP contribution in [0.4, 0.5) is 0 Å². The monoisotopic (exact) mass is 254 g/mol. The van der Waals surface area contributed by atoms with Crippen molar-refractivity contribution in [3.8, 4) is 0 Å². The molecular formula is C15H30N2O. The van der Waals surface area contributed by atoms with Gasteiger partial charge in [0.05, 0.1) is 0 Å². The highest BCUT2D eigenvalue weighted by Gasteiger charge is 2.23. The Morgan fingerprint density at radius 3 is 2.33 bits per heavy atom. The number of hydrogen-bond donors (Lipinski definition) is 1. The molecule has 0 aliphatic heterocycles. The Labute approximate surface area is 112 Å². The molecule has 0 radical (unpaired) electrons. The standard InChI is InChI=1S/C15H30N2O/c1-5-14(6-2)17(11-12(3)4)15(18)9-10-16-13-7-8-13/h12-14,16H,5-11H2,1-4H3. The maximum atomic E-state index is 12.3. The van der Waals surface area contributed by atoms with E-state index in [1.165, 1.54) is 12.8 Å². The minimum Gasteiger partial charge on any atom is -0.339 e. The molecule has 1 N–H and O–H groups in total. The summed E-state index contributed by atoms with van der Waals surface area (Å²) in [4.78, 5) is 14.4. The average Bonchev–Trinajstić information content (AvgIpc) is 3.12. The van der Waals surface area contributed by atoms with Crippen molar-refractivity contribution in [1.29, 1.82) is 0 Å². The van der Waals surface area contributed by atoms with E-state index < -0.39 is 0 Å². The summed E-state index contributed by atoms with van der Waals surface area (Å²) >= 11 is 0. The van der Waals surface area contributed by atoms with Gasteiger partial charge in [0.25, 0.3) is 0 Å². The van der Waals surface area contributed by atoms with Crippen LogP contribution in [0, 0.1) is 5.92 Å². The molecule has 1 aliphatic carbocycles. The normalized spacial score (nSPS) is 15.4. The van der Waals surface area contributed by atoms with E-state index >= 15 is 0 Å². The van der Waals surface area contributed by atoms with Crippen molar-refractivity contribution in [2.75, 3.05) is 13.1 Å². The molecule has 0 aromatic heterocycles. The lowest BCUT2D eigenvalue weighted by molar-refractivity contribution is -0.134. The fourth-order valence-corrected chi connectivity index (χ4v) is 2.39. The first-order valence-corrected chi connectivity index (χ1v) is 7.61. The Balaban J connectivity index is 2.41. The van der Waals surface area contributed by atoms with Crippen LogP contribution in [0.1, 0.15) is 59.8 Å². The van der Waals surface area contributed by atoms with E-state index in [-0.39, 0.29) is 0 Å². The molecule has 0 spiro atoms. The Bertz CT molecular complexity index is 245. The van der Waals surface area contributed by atoms with E-state index in [9.17, 15) is 4.79 Å². The van der Waals surface area contributed by atoms with Gasteiger partial charge < -0.3 is 10.2 Å². The fraction of sp³-hybridized carbons (Fsp3) is 0.933.